The average Bonchev–Trinajstić information content (AvgIpc) is 2.93. The van der Waals surface area contributed by atoms with Gasteiger partial charge in [0.2, 0.25) is 0 Å². The number of aromatic hydroxyl groups is 1. The van der Waals surface area contributed by atoms with Gasteiger partial charge >= 0.3 is 0 Å². The van der Waals surface area contributed by atoms with Crippen LogP contribution in [0.1, 0.15) is 27.3 Å². The summed E-state index contributed by atoms with van der Waals surface area (Å²) < 4.78 is 2.93. The summed E-state index contributed by atoms with van der Waals surface area (Å²) in [6, 6.07) is 12.6. The molecule has 0 fully saturated rings. The van der Waals surface area contributed by atoms with Crippen LogP contribution < -0.4 is 5.43 Å². The lowest BCUT2D eigenvalue weighted by Gasteiger charge is -2.09. The SMILES string of the molecule is Cc1cc(/C=N\NC(=O)c2cc(Br)c(O)c(Br)c2)c(C)n1-c1ccc(Cl)cc1. The number of carbonyl (C=O) groups excluding carboxylic acids is 1. The van der Waals surface area contributed by atoms with E-state index in [-0.39, 0.29) is 11.7 Å². The van der Waals surface area contributed by atoms with Gasteiger partial charge < -0.3 is 9.67 Å². The summed E-state index contributed by atoms with van der Waals surface area (Å²) in [6.07, 6.45) is 1.61. The highest BCUT2D eigenvalue weighted by molar-refractivity contribution is 9.11. The Morgan fingerprint density at radius 1 is 1.14 bits per heavy atom. The zero-order valence-electron chi connectivity index (χ0n) is 15.0. The number of carbonyl (C=O) groups is 1. The molecule has 0 saturated heterocycles. The fourth-order valence-electron chi connectivity index (χ4n) is 2.83. The van der Waals surface area contributed by atoms with Gasteiger partial charge in [0.25, 0.3) is 5.91 Å². The van der Waals surface area contributed by atoms with Crippen LogP contribution in [0, 0.1) is 13.8 Å². The highest BCUT2D eigenvalue weighted by atomic mass is 79.9. The summed E-state index contributed by atoms with van der Waals surface area (Å²) in [4.78, 5) is 12.3. The Morgan fingerprint density at radius 3 is 2.36 bits per heavy atom. The maximum atomic E-state index is 12.3. The summed E-state index contributed by atoms with van der Waals surface area (Å²) in [5.41, 5.74) is 6.79. The van der Waals surface area contributed by atoms with Gasteiger partial charge in [0.1, 0.15) is 5.75 Å². The number of nitrogens with zero attached hydrogens (tertiary/aromatic N) is 2. The summed E-state index contributed by atoms with van der Waals surface area (Å²) in [6.45, 7) is 3.99. The molecule has 0 bridgehead atoms. The molecule has 2 N–H and O–H groups in total. The Kier molecular flexibility index (Phi) is 6.27. The van der Waals surface area contributed by atoms with Crippen LogP contribution in [-0.2, 0) is 0 Å². The molecular formula is C20H16Br2ClN3O2. The normalized spacial score (nSPS) is 11.2. The van der Waals surface area contributed by atoms with E-state index in [1.165, 1.54) is 12.1 Å². The van der Waals surface area contributed by atoms with Crippen molar-refractivity contribution in [3.05, 3.63) is 78.9 Å². The third-order valence-electron chi connectivity index (χ3n) is 4.20. The number of nitrogens with one attached hydrogen (secondary N) is 1. The lowest BCUT2D eigenvalue weighted by molar-refractivity contribution is 0.0955. The Morgan fingerprint density at radius 2 is 1.75 bits per heavy atom. The highest BCUT2D eigenvalue weighted by Gasteiger charge is 2.12. The van der Waals surface area contributed by atoms with E-state index in [9.17, 15) is 9.90 Å². The molecular weight excluding hydrogens is 510 g/mol. The molecule has 0 spiro atoms. The van der Waals surface area contributed by atoms with Crippen LogP contribution in [-0.4, -0.2) is 21.8 Å². The van der Waals surface area contributed by atoms with E-state index >= 15 is 0 Å². The molecule has 0 radical (unpaired) electrons. The fourth-order valence-corrected chi connectivity index (χ4v) is 4.14. The topological polar surface area (TPSA) is 66.6 Å². The van der Waals surface area contributed by atoms with E-state index < -0.39 is 0 Å². The summed E-state index contributed by atoms with van der Waals surface area (Å²) >= 11 is 12.4. The number of phenols is 1. The molecule has 3 rings (SSSR count). The van der Waals surface area contributed by atoms with Crippen molar-refractivity contribution >= 4 is 55.6 Å². The lowest BCUT2D eigenvalue weighted by Crippen LogP contribution is -2.17. The minimum Gasteiger partial charge on any atom is -0.506 e. The summed E-state index contributed by atoms with van der Waals surface area (Å²) in [5, 5.41) is 14.5. The van der Waals surface area contributed by atoms with E-state index in [1.807, 2.05) is 44.2 Å². The Balaban J connectivity index is 1.79. The van der Waals surface area contributed by atoms with Crippen LogP contribution in [0.25, 0.3) is 5.69 Å². The monoisotopic (exact) mass is 523 g/mol. The molecule has 8 heteroatoms. The number of halogens is 3. The molecule has 0 atom stereocenters. The first-order valence-corrected chi connectivity index (χ1v) is 10.2. The molecule has 2 aromatic carbocycles. The first-order chi connectivity index (χ1) is 13.3. The van der Waals surface area contributed by atoms with Crippen molar-refractivity contribution in [2.45, 2.75) is 13.8 Å². The second-order valence-corrected chi connectivity index (χ2v) is 8.27. The van der Waals surface area contributed by atoms with Gasteiger partial charge in [-0.3, -0.25) is 4.79 Å². The molecule has 144 valence electrons. The van der Waals surface area contributed by atoms with E-state index in [0.29, 0.717) is 19.5 Å². The number of amides is 1. The molecule has 1 heterocycles. The van der Waals surface area contributed by atoms with Gasteiger partial charge in [-0.15, -0.1) is 0 Å². The molecule has 0 aliphatic heterocycles. The largest absolute Gasteiger partial charge is 0.506 e. The van der Waals surface area contributed by atoms with Gasteiger partial charge in [-0.25, -0.2) is 5.43 Å². The van der Waals surface area contributed by atoms with Gasteiger partial charge in [0.05, 0.1) is 15.2 Å². The van der Waals surface area contributed by atoms with Crippen molar-refractivity contribution < 1.29 is 9.90 Å². The number of phenolic OH excluding ortho intramolecular Hbond substituents is 1. The molecule has 1 amide bonds. The van der Waals surface area contributed by atoms with Gasteiger partial charge in [-0.1, -0.05) is 11.6 Å². The molecule has 1 aromatic heterocycles. The number of hydrogen-bond donors (Lipinski definition) is 2. The second kappa shape index (κ2) is 8.51. The number of aromatic nitrogens is 1. The van der Waals surface area contributed by atoms with Crippen molar-refractivity contribution in [2.75, 3.05) is 0 Å². The lowest BCUT2D eigenvalue weighted by atomic mass is 10.2. The minimum atomic E-state index is -0.385. The first kappa shape index (κ1) is 20.6. The van der Waals surface area contributed by atoms with Crippen molar-refractivity contribution in [3.63, 3.8) is 0 Å². The van der Waals surface area contributed by atoms with E-state index in [1.54, 1.807) is 6.21 Å². The third kappa shape index (κ3) is 4.32. The van der Waals surface area contributed by atoms with Crippen molar-refractivity contribution in [1.29, 1.82) is 0 Å². The number of rotatable bonds is 4. The Labute approximate surface area is 184 Å². The molecule has 0 saturated carbocycles. The van der Waals surface area contributed by atoms with Crippen LogP contribution in [0.4, 0.5) is 0 Å². The maximum Gasteiger partial charge on any atom is 0.271 e. The summed E-state index contributed by atoms with van der Waals surface area (Å²) in [7, 11) is 0. The number of hydrazone groups is 1. The van der Waals surface area contributed by atoms with E-state index in [4.69, 9.17) is 11.6 Å². The Bertz CT molecular complexity index is 1050. The van der Waals surface area contributed by atoms with Crippen LogP contribution in [0.15, 0.2) is 56.5 Å². The fraction of sp³-hybridized carbons (Fsp3) is 0.100. The molecule has 3 aromatic rings. The zero-order valence-corrected chi connectivity index (χ0v) is 18.9. The molecule has 0 aliphatic carbocycles. The minimum absolute atomic E-state index is 0.0368. The first-order valence-electron chi connectivity index (χ1n) is 8.24. The van der Waals surface area contributed by atoms with Crippen molar-refractivity contribution in [2.24, 2.45) is 5.10 Å². The maximum absolute atomic E-state index is 12.3. The number of aryl methyl sites for hydroxylation is 1. The number of hydrogen-bond acceptors (Lipinski definition) is 3. The molecule has 28 heavy (non-hydrogen) atoms. The number of benzene rings is 2. The second-order valence-electron chi connectivity index (χ2n) is 6.13. The van der Waals surface area contributed by atoms with E-state index in [2.05, 4.69) is 47.0 Å². The quantitative estimate of drug-likeness (QED) is 0.337. The van der Waals surface area contributed by atoms with Crippen molar-refractivity contribution in [3.8, 4) is 11.4 Å². The predicted octanol–water partition coefficient (Wildman–Crippen LogP) is 5.74. The van der Waals surface area contributed by atoms with E-state index in [0.717, 1.165) is 22.6 Å². The predicted molar refractivity (Wildman–Crippen MR) is 119 cm³/mol. The highest BCUT2D eigenvalue weighted by Crippen LogP contribution is 2.33. The molecule has 5 nitrogen and oxygen atoms in total. The van der Waals surface area contributed by atoms with Crippen molar-refractivity contribution in [1.82, 2.24) is 9.99 Å². The Hall–Kier alpha value is -2.09. The van der Waals surface area contributed by atoms with Crippen LogP contribution >= 0.6 is 43.5 Å². The molecule has 0 aliphatic rings. The van der Waals surface area contributed by atoms with Crippen LogP contribution in [0.2, 0.25) is 5.02 Å². The van der Waals surface area contributed by atoms with Crippen LogP contribution in [0.3, 0.4) is 0 Å². The smallest absolute Gasteiger partial charge is 0.271 e. The van der Waals surface area contributed by atoms with Gasteiger partial charge in [0.15, 0.2) is 0 Å². The zero-order chi connectivity index (χ0) is 20.4. The third-order valence-corrected chi connectivity index (χ3v) is 5.66. The molecule has 0 unspecified atom stereocenters. The van der Waals surface area contributed by atoms with Gasteiger partial charge in [-0.05, 0) is 88.2 Å². The standard InChI is InChI=1S/C20H16Br2ClN3O2/c1-11-7-14(12(2)26(11)16-5-3-15(23)4-6-16)10-24-25-20(28)13-8-17(21)19(27)18(22)9-13/h3-10,27H,1-2H3,(H,25,28)/b24-10-. The summed E-state index contributed by atoms with van der Waals surface area (Å²) in [5.74, 6) is -0.348. The average molecular weight is 526 g/mol. The van der Waals surface area contributed by atoms with Crippen LogP contribution in [0.5, 0.6) is 5.75 Å². The van der Waals surface area contributed by atoms with Gasteiger partial charge in [0, 0.05) is 33.2 Å². The van der Waals surface area contributed by atoms with Gasteiger partial charge in [-0.2, -0.15) is 5.10 Å².